The van der Waals surface area contributed by atoms with Gasteiger partial charge in [0.1, 0.15) is 5.69 Å². The van der Waals surface area contributed by atoms with Crippen molar-refractivity contribution in [2.24, 2.45) is 13.0 Å². The fourth-order valence-electron chi connectivity index (χ4n) is 4.13. The number of nitrogens with one attached hydrogen (secondary N) is 1. The lowest BCUT2D eigenvalue weighted by Crippen LogP contribution is -2.31. The summed E-state index contributed by atoms with van der Waals surface area (Å²) in [6, 6.07) is 14.0. The van der Waals surface area contributed by atoms with Gasteiger partial charge >= 0.3 is 0 Å². The lowest BCUT2D eigenvalue weighted by atomic mass is 10.1. The van der Waals surface area contributed by atoms with Gasteiger partial charge in [0.25, 0.3) is 11.5 Å². The largest absolute Gasteiger partial charge is 0.352 e. The van der Waals surface area contributed by atoms with Gasteiger partial charge in [-0.15, -0.1) is 0 Å². The van der Waals surface area contributed by atoms with Crippen molar-refractivity contribution < 1.29 is 4.79 Å². The van der Waals surface area contributed by atoms with E-state index >= 15 is 0 Å². The van der Waals surface area contributed by atoms with Crippen molar-refractivity contribution in [2.45, 2.75) is 26.8 Å². The standard InChI is InChI=1S/C24H28N4O2/c1-16-4-6-18(7-5-16)14-28-11-10-19(15-28)13-25-23(29)20-8-9-22-21(12-20)26-17(2)24(30)27(22)3/h4-9,12,19H,10-11,13-15H2,1-3H3,(H,25,29)/t19-/m1/s1. The van der Waals surface area contributed by atoms with E-state index in [1.54, 1.807) is 36.7 Å². The number of likely N-dealkylation sites (tertiary alicyclic amines) is 1. The third-order valence-corrected chi connectivity index (χ3v) is 5.95. The average Bonchev–Trinajstić information content (AvgIpc) is 3.19. The van der Waals surface area contributed by atoms with Crippen LogP contribution < -0.4 is 10.9 Å². The van der Waals surface area contributed by atoms with Gasteiger partial charge in [0.05, 0.1) is 11.0 Å². The summed E-state index contributed by atoms with van der Waals surface area (Å²) in [5, 5.41) is 3.08. The number of hydrogen-bond donors (Lipinski definition) is 1. The number of carbonyl (C=O) groups excluding carboxylic acids is 1. The minimum atomic E-state index is -0.115. The number of rotatable bonds is 5. The van der Waals surface area contributed by atoms with Crippen LogP contribution in [0.25, 0.3) is 11.0 Å². The fraction of sp³-hybridized carbons (Fsp3) is 0.375. The molecule has 0 unspecified atom stereocenters. The van der Waals surface area contributed by atoms with Gasteiger partial charge in [-0.25, -0.2) is 4.98 Å². The molecule has 2 aromatic carbocycles. The second-order valence-electron chi connectivity index (χ2n) is 8.35. The van der Waals surface area contributed by atoms with Crippen molar-refractivity contribution in [3.8, 4) is 0 Å². The first-order valence-electron chi connectivity index (χ1n) is 10.4. The molecule has 0 aliphatic carbocycles. The van der Waals surface area contributed by atoms with Crippen molar-refractivity contribution >= 4 is 16.9 Å². The van der Waals surface area contributed by atoms with Crippen LogP contribution in [0.3, 0.4) is 0 Å². The monoisotopic (exact) mass is 404 g/mol. The Kier molecular flexibility index (Phi) is 5.68. The van der Waals surface area contributed by atoms with Crippen molar-refractivity contribution in [2.75, 3.05) is 19.6 Å². The zero-order chi connectivity index (χ0) is 21.3. The number of amides is 1. The number of aromatic nitrogens is 2. The predicted octanol–water partition coefficient (Wildman–Crippen LogP) is 2.80. The normalized spacial score (nSPS) is 16.8. The van der Waals surface area contributed by atoms with Gasteiger partial charge in [-0.1, -0.05) is 29.8 Å². The highest BCUT2D eigenvalue weighted by atomic mass is 16.1. The van der Waals surface area contributed by atoms with Crippen molar-refractivity contribution in [1.82, 2.24) is 19.8 Å². The molecule has 6 nitrogen and oxygen atoms in total. The molecule has 0 bridgehead atoms. The molecule has 0 spiro atoms. The highest BCUT2D eigenvalue weighted by Gasteiger charge is 2.23. The zero-order valence-electron chi connectivity index (χ0n) is 17.8. The molecule has 1 aromatic heterocycles. The van der Waals surface area contributed by atoms with Crippen LogP contribution in [0.1, 0.15) is 33.6 Å². The fourth-order valence-corrected chi connectivity index (χ4v) is 4.13. The Morgan fingerprint density at radius 2 is 1.93 bits per heavy atom. The smallest absolute Gasteiger partial charge is 0.272 e. The topological polar surface area (TPSA) is 67.2 Å². The number of carbonyl (C=O) groups is 1. The molecule has 4 rings (SSSR count). The molecule has 1 aliphatic heterocycles. The van der Waals surface area contributed by atoms with E-state index in [0.717, 1.165) is 31.6 Å². The van der Waals surface area contributed by atoms with E-state index in [1.165, 1.54) is 11.1 Å². The molecule has 1 amide bonds. The van der Waals surface area contributed by atoms with Crippen LogP contribution >= 0.6 is 0 Å². The summed E-state index contributed by atoms with van der Waals surface area (Å²) in [5.41, 5.74) is 4.89. The lowest BCUT2D eigenvalue weighted by Gasteiger charge is -2.16. The third kappa shape index (κ3) is 4.28. The SMILES string of the molecule is Cc1ccc(CN2CC[C@H](CNC(=O)c3ccc4c(c3)nc(C)c(=O)n4C)C2)cc1. The van der Waals surface area contributed by atoms with Gasteiger partial charge in [0, 0.05) is 32.2 Å². The van der Waals surface area contributed by atoms with Gasteiger partial charge in [-0.3, -0.25) is 14.5 Å². The van der Waals surface area contributed by atoms with Crippen LogP contribution in [0, 0.1) is 19.8 Å². The van der Waals surface area contributed by atoms with E-state index in [1.807, 2.05) is 0 Å². The Hall–Kier alpha value is -2.99. The summed E-state index contributed by atoms with van der Waals surface area (Å²) in [6.45, 7) is 7.47. The van der Waals surface area contributed by atoms with Crippen LogP contribution in [-0.2, 0) is 13.6 Å². The molecule has 2 heterocycles. The Labute approximate surface area is 176 Å². The van der Waals surface area contributed by atoms with E-state index in [4.69, 9.17) is 0 Å². The zero-order valence-corrected chi connectivity index (χ0v) is 17.8. The van der Waals surface area contributed by atoms with Crippen LogP contribution in [0.5, 0.6) is 0 Å². The number of fused-ring (bicyclic) bond motifs is 1. The first kappa shape index (κ1) is 20.3. The molecule has 156 valence electrons. The summed E-state index contributed by atoms with van der Waals surface area (Å²) in [4.78, 5) is 31.5. The van der Waals surface area contributed by atoms with Crippen molar-refractivity contribution in [3.05, 3.63) is 75.2 Å². The highest BCUT2D eigenvalue weighted by molar-refractivity contribution is 5.97. The van der Waals surface area contributed by atoms with Crippen molar-refractivity contribution in [1.29, 1.82) is 0 Å². The van der Waals surface area contributed by atoms with Gasteiger partial charge < -0.3 is 9.88 Å². The molecule has 0 saturated carbocycles. The molecule has 1 saturated heterocycles. The Balaban J connectivity index is 1.35. The van der Waals surface area contributed by atoms with Gasteiger partial charge in [-0.2, -0.15) is 0 Å². The maximum Gasteiger partial charge on any atom is 0.272 e. The maximum atomic E-state index is 12.7. The van der Waals surface area contributed by atoms with Gasteiger partial charge in [0.2, 0.25) is 0 Å². The van der Waals surface area contributed by atoms with E-state index in [2.05, 4.69) is 46.4 Å². The summed E-state index contributed by atoms with van der Waals surface area (Å²) in [6.07, 6.45) is 1.09. The Morgan fingerprint density at radius 3 is 2.70 bits per heavy atom. The summed E-state index contributed by atoms with van der Waals surface area (Å²) < 4.78 is 1.57. The summed E-state index contributed by atoms with van der Waals surface area (Å²) in [5.74, 6) is 0.364. The maximum absolute atomic E-state index is 12.7. The predicted molar refractivity (Wildman–Crippen MR) is 119 cm³/mol. The first-order chi connectivity index (χ1) is 14.4. The van der Waals surface area contributed by atoms with Crippen LogP contribution in [-0.4, -0.2) is 40.0 Å². The molecule has 1 aliphatic rings. The third-order valence-electron chi connectivity index (χ3n) is 5.95. The van der Waals surface area contributed by atoms with E-state index in [0.29, 0.717) is 29.2 Å². The highest BCUT2D eigenvalue weighted by Crippen LogP contribution is 2.19. The second-order valence-corrected chi connectivity index (χ2v) is 8.35. The first-order valence-corrected chi connectivity index (χ1v) is 10.4. The van der Waals surface area contributed by atoms with E-state index < -0.39 is 0 Å². The molecule has 3 aromatic rings. The van der Waals surface area contributed by atoms with Gasteiger partial charge in [0.15, 0.2) is 0 Å². The number of hydrogen-bond acceptors (Lipinski definition) is 4. The van der Waals surface area contributed by atoms with E-state index in [9.17, 15) is 9.59 Å². The minimum absolute atomic E-state index is 0.0952. The second kappa shape index (κ2) is 8.40. The van der Waals surface area contributed by atoms with Crippen LogP contribution in [0.15, 0.2) is 47.3 Å². The molecular formula is C24H28N4O2. The number of aryl methyl sites for hydroxylation is 3. The lowest BCUT2D eigenvalue weighted by molar-refractivity contribution is 0.0947. The quantitative estimate of drug-likeness (QED) is 0.710. The van der Waals surface area contributed by atoms with Crippen LogP contribution in [0.4, 0.5) is 0 Å². The minimum Gasteiger partial charge on any atom is -0.352 e. The van der Waals surface area contributed by atoms with Gasteiger partial charge in [-0.05, 0) is 56.5 Å². The van der Waals surface area contributed by atoms with Crippen molar-refractivity contribution in [3.63, 3.8) is 0 Å². The molecule has 1 fully saturated rings. The molecular weight excluding hydrogens is 376 g/mol. The molecule has 1 atom stereocenters. The van der Waals surface area contributed by atoms with E-state index in [-0.39, 0.29) is 11.5 Å². The van der Waals surface area contributed by atoms with Crippen LogP contribution in [0.2, 0.25) is 0 Å². The number of benzene rings is 2. The Bertz CT molecular complexity index is 1130. The number of nitrogens with zero attached hydrogens (tertiary/aromatic N) is 3. The molecule has 0 radical (unpaired) electrons. The molecule has 6 heteroatoms. The molecule has 1 N–H and O–H groups in total. The summed E-state index contributed by atoms with van der Waals surface area (Å²) in [7, 11) is 1.72. The summed E-state index contributed by atoms with van der Waals surface area (Å²) >= 11 is 0. The Morgan fingerprint density at radius 1 is 1.17 bits per heavy atom. The average molecular weight is 405 g/mol. The molecule has 30 heavy (non-hydrogen) atoms.